The fourth-order valence-corrected chi connectivity index (χ4v) is 8.37. The molecule has 0 aromatic rings. The zero-order valence-electron chi connectivity index (χ0n) is 41.5. The van der Waals surface area contributed by atoms with Crippen molar-refractivity contribution < 1.29 is 52.2 Å². The summed E-state index contributed by atoms with van der Waals surface area (Å²) in [6.07, 6.45) is 43.2. The minimum atomic E-state index is -4.73. The quantitative estimate of drug-likeness (QED) is 0.0197. The highest BCUT2D eigenvalue weighted by atomic mass is 31.2. The lowest BCUT2D eigenvalue weighted by Gasteiger charge is -2.21. The lowest BCUT2D eigenvalue weighted by molar-refractivity contribution is -0.161. The summed E-state index contributed by atoms with van der Waals surface area (Å²) in [5, 5.41) is 9.74. The maximum Gasteiger partial charge on any atom is 0.472 e. The number of aliphatic hydroxyl groups is 1. The van der Waals surface area contributed by atoms with Gasteiger partial charge in [0.1, 0.15) is 12.7 Å². The van der Waals surface area contributed by atoms with Crippen LogP contribution in [0.2, 0.25) is 0 Å². The first-order chi connectivity index (χ1) is 31.2. The molecule has 0 spiro atoms. The van der Waals surface area contributed by atoms with Gasteiger partial charge in [0.25, 0.3) is 0 Å². The summed E-state index contributed by atoms with van der Waals surface area (Å²) >= 11 is 0. The molecule has 0 aliphatic carbocycles. The number of hydrogen-bond donors (Lipinski definition) is 2. The summed E-state index contributed by atoms with van der Waals surface area (Å²) in [7, 11) is -4.73. The molecule has 0 heterocycles. The summed E-state index contributed by atoms with van der Waals surface area (Å²) in [5.41, 5.74) is 0. The van der Waals surface area contributed by atoms with Crippen molar-refractivity contribution in [3.63, 3.8) is 0 Å². The molecule has 0 saturated heterocycles. The molecule has 3 atom stereocenters. The smallest absolute Gasteiger partial charge is 0.462 e. The number of hydrogen-bond acceptors (Lipinski definition) is 10. The highest BCUT2D eigenvalue weighted by Crippen LogP contribution is 2.43. The van der Waals surface area contributed by atoms with Gasteiger partial charge in [-0.25, -0.2) is 4.57 Å². The van der Waals surface area contributed by atoms with Crippen LogP contribution in [-0.2, 0) is 42.2 Å². The minimum absolute atomic E-state index is 0.174. The third-order valence-electron chi connectivity index (χ3n) is 11.7. The molecule has 12 heteroatoms. The second-order valence-electron chi connectivity index (χ2n) is 18.1. The molecule has 378 valence electrons. The summed E-state index contributed by atoms with van der Waals surface area (Å²) in [6.45, 7) is 4.63. The lowest BCUT2D eigenvalue weighted by atomic mass is 10.0. The Bertz CT molecular complexity index is 1130. The van der Waals surface area contributed by atoms with Crippen LogP contribution in [0.5, 0.6) is 0 Å². The van der Waals surface area contributed by atoms with E-state index in [9.17, 15) is 28.9 Å². The van der Waals surface area contributed by atoms with Gasteiger partial charge in [-0.2, -0.15) is 0 Å². The number of phosphoric acid groups is 1. The van der Waals surface area contributed by atoms with Gasteiger partial charge < -0.3 is 24.2 Å². The third-order valence-corrected chi connectivity index (χ3v) is 12.6. The molecule has 0 rings (SSSR count). The van der Waals surface area contributed by atoms with Crippen molar-refractivity contribution >= 4 is 25.7 Å². The molecular weight excluding hydrogens is 832 g/mol. The number of esters is 3. The first-order valence-electron chi connectivity index (χ1n) is 26.6. The predicted molar refractivity (Wildman–Crippen MR) is 261 cm³/mol. The normalized spacial score (nSPS) is 13.5. The van der Waals surface area contributed by atoms with E-state index in [2.05, 4.69) is 32.9 Å². The second-order valence-corrected chi connectivity index (χ2v) is 19.5. The first-order valence-corrected chi connectivity index (χ1v) is 28.1. The van der Waals surface area contributed by atoms with Crippen molar-refractivity contribution in [2.75, 3.05) is 26.4 Å². The number of allylic oxidation sites excluding steroid dienone is 2. The zero-order chi connectivity index (χ0) is 47.0. The van der Waals surface area contributed by atoms with Gasteiger partial charge in [0, 0.05) is 19.3 Å². The monoisotopic (exact) mass is 931 g/mol. The highest BCUT2D eigenvalue weighted by Gasteiger charge is 2.28. The molecule has 0 aliphatic heterocycles. The molecule has 0 fully saturated rings. The number of aliphatic hydroxyl groups excluding tert-OH is 1. The molecule has 0 aliphatic rings. The Labute approximate surface area is 392 Å². The molecule has 64 heavy (non-hydrogen) atoms. The summed E-state index contributed by atoms with van der Waals surface area (Å²) in [5.74, 6) is -1.45. The maximum absolute atomic E-state index is 12.8. The van der Waals surface area contributed by atoms with Gasteiger partial charge in [-0.15, -0.1) is 0 Å². The molecule has 0 aromatic heterocycles. The number of rotatable bonds is 50. The fourth-order valence-electron chi connectivity index (χ4n) is 7.59. The Hall–Kier alpha value is -1.78. The maximum atomic E-state index is 12.8. The summed E-state index contributed by atoms with van der Waals surface area (Å²) < 4.78 is 39.3. The van der Waals surface area contributed by atoms with Crippen LogP contribution < -0.4 is 0 Å². The van der Waals surface area contributed by atoms with E-state index in [1.54, 1.807) is 0 Å². The van der Waals surface area contributed by atoms with E-state index in [0.29, 0.717) is 19.3 Å². The molecule has 0 amide bonds. The van der Waals surface area contributed by atoms with Gasteiger partial charge in [0.2, 0.25) is 0 Å². The van der Waals surface area contributed by atoms with Gasteiger partial charge in [-0.3, -0.25) is 23.4 Å². The number of ether oxygens (including phenoxy) is 3. The van der Waals surface area contributed by atoms with Crippen LogP contribution in [0.25, 0.3) is 0 Å². The van der Waals surface area contributed by atoms with E-state index < -0.39 is 57.8 Å². The van der Waals surface area contributed by atoms with Crippen LogP contribution in [0.15, 0.2) is 12.2 Å². The highest BCUT2D eigenvalue weighted by molar-refractivity contribution is 7.47. The SMILES string of the molecule is CCCCCCCC/C=C\CCCCCCCC(=O)OCC(COP(=O)(O)OCC(CO)OC(=O)CCCCCCCCCCC)OC(=O)CCCCCCCCCCCCCCC. The van der Waals surface area contributed by atoms with Crippen molar-refractivity contribution in [3.05, 3.63) is 12.2 Å². The molecule has 0 radical (unpaired) electrons. The number of carbonyl (C=O) groups excluding carboxylic acids is 3. The third kappa shape index (κ3) is 45.4. The van der Waals surface area contributed by atoms with E-state index in [-0.39, 0.29) is 25.9 Å². The molecule has 0 saturated carbocycles. The van der Waals surface area contributed by atoms with Gasteiger partial charge in [0.15, 0.2) is 6.10 Å². The average molecular weight is 931 g/mol. The Morgan fingerprint density at radius 1 is 0.422 bits per heavy atom. The summed E-state index contributed by atoms with van der Waals surface area (Å²) in [4.78, 5) is 48.2. The van der Waals surface area contributed by atoms with E-state index in [1.165, 1.54) is 128 Å². The van der Waals surface area contributed by atoms with Crippen molar-refractivity contribution in [1.82, 2.24) is 0 Å². The van der Waals surface area contributed by atoms with Crippen LogP contribution in [-0.4, -0.2) is 66.5 Å². The minimum Gasteiger partial charge on any atom is -0.462 e. The Morgan fingerprint density at radius 2 is 0.719 bits per heavy atom. The zero-order valence-corrected chi connectivity index (χ0v) is 42.4. The van der Waals surface area contributed by atoms with Crippen molar-refractivity contribution in [3.8, 4) is 0 Å². The van der Waals surface area contributed by atoms with E-state index in [1.807, 2.05) is 0 Å². The number of carbonyl (C=O) groups is 3. The molecule has 2 N–H and O–H groups in total. The Kier molecular flexibility index (Phi) is 46.4. The fraction of sp³-hybridized carbons (Fsp3) is 0.904. The second kappa shape index (κ2) is 47.7. The Balaban J connectivity index is 4.71. The van der Waals surface area contributed by atoms with Crippen molar-refractivity contribution in [2.45, 2.75) is 277 Å². The topological polar surface area (TPSA) is 155 Å². The van der Waals surface area contributed by atoms with Crippen LogP contribution in [0.1, 0.15) is 265 Å². The molecule has 0 aromatic carbocycles. The average Bonchev–Trinajstić information content (AvgIpc) is 3.28. The standard InChI is InChI=1S/C52H99O11P/c1-4-7-10-13-16-19-21-23-24-26-27-30-32-35-38-41-50(54)59-45-49(63-52(56)43-40-37-34-31-28-25-22-20-17-14-11-8-5-2)47-61-64(57,58)60-46-48(44-53)62-51(55)42-39-36-33-29-18-15-12-9-6-3/h23-24,48-49,53H,4-22,25-47H2,1-3H3,(H,57,58)/b24-23-. The Morgan fingerprint density at radius 3 is 1.08 bits per heavy atom. The molecular formula is C52H99O11P. The van der Waals surface area contributed by atoms with Crippen LogP contribution >= 0.6 is 7.82 Å². The van der Waals surface area contributed by atoms with Gasteiger partial charge in [0.05, 0.1) is 19.8 Å². The van der Waals surface area contributed by atoms with Crippen LogP contribution in [0, 0.1) is 0 Å². The van der Waals surface area contributed by atoms with Crippen LogP contribution in [0.3, 0.4) is 0 Å². The number of phosphoric ester groups is 1. The van der Waals surface area contributed by atoms with Gasteiger partial charge in [-0.1, -0.05) is 213 Å². The summed E-state index contributed by atoms with van der Waals surface area (Å²) in [6, 6.07) is 0. The predicted octanol–water partition coefficient (Wildman–Crippen LogP) is 14.9. The molecule has 0 bridgehead atoms. The molecule has 3 unspecified atom stereocenters. The lowest BCUT2D eigenvalue weighted by Crippen LogP contribution is -2.30. The van der Waals surface area contributed by atoms with E-state index in [0.717, 1.165) is 77.0 Å². The molecule has 11 nitrogen and oxygen atoms in total. The van der Waals surface area contributed by atoms with Crippen LogP contribution in [0.4, 0.5) is 0 Å². The van der Waals surface area contributed by atoms with E-state index >= 15 is 0 Å². The number of unbranched alkanes of at least 4 members (excludes halogenated alkanes) is 31. The van der Waals surface area contributed by atoms with Gasteiger partial charge >= 0.3 is 25.7 Å². The largest absolute Gasteiger partial charge is 0.472 e. The van der Waals surface area contributed by atoms with Crippen molar-refractivity contribution in [2.24, 2.45) is 0 Å². The van der Waals surface area contributed by atoms with E-state index in [4.69, 9.17) is 23.3 Å². The van der Waals surface area contributed by atoms with Crippen molar-refractivity contribution in [1.29, 1.82) is 0 Å². The first kappa shape index (κ1) is 62.2. The van der Waals surface area contributed by atoms with Gasteiger partial charge in [-0.05, 0) is 44.9 Å².